The van der Waals surface area contributed by atoms with Crippen molar-refractivity contribution in [3.05, 3.63) is 65.5 Å². The molecule has 0 bridgehead atoms. The van der Waals surface area contributed by atoms with Crippen LogP contribution in [-0.4, -0.2) is 21.0 Å². The van der Waals surface area contributed by atoms with Crippen LogP contribution in [0.1, 0.15) is 81.4 Å². The van der Waals surface area contributed by atoms with Crippen molar-refractivity contribution in [3.63, 3.8) is 0 Å². The molecule has 0 spiro atoms. The third kappa shape index (κ3) is 7.11. The highest BCUT2D eigenvalue weighted by atomic mass is 32.1. The van der Waals surface area contributed by atoms with Crippen molar-refractivity contribution in [2.75, 3.05) is 0 Å². The van der Waals surface area contributed by atoms with Gasteiger partial charge in [0.05, 0.1) is 0 Å². The fourth-order valence-corrected chi connectivity index (χ4v) is 4.30. The molecule has 4 heteroatoms. The van der Waals surface area contributed by atoms with Gasteiger partial charge in [-0.15, -0.1) is 0 Å². The first kappa shape index (κ1) is 21.8. The summed E-state index contributed by atoms with van der Waals surface area (Å²) in [7, 11) is 0. The van der Waals surface area contributed by atoms with Gasteiger partial charge in [0, 0.05) is 31.5 Å². The first-order valence-electron chi connectivity index (χ1n) is 11.1. The minimum atomic E-state index is 0.502. The summed E-state index contributed by atoms with van der Waals surface area (Å²) in [5.41, 5.74) is 3.86. The Bertz CT molecular complexity index is 734. The lowest BCUT2D eigenvalue weighted by Crippen LogP contribution is -2.44. The van der Waals surface area contributed by atoms with Gasteiger partial charge in [-0.1, -0.05) is 76.3 Å². The van der Waals surface area contributed by atoms with Crippen LogP contribution in [0.3, 0.4) is 0 Å². The second kappa shape index (κ2) is 11.3. The fourth-order valence-electron chi connectivity index (χ4n) is 4.01. The highest BCUT2D eigenvalue weighted by Crippen LogP contribution is 2.19. The topological polar surface area (TPSA) is 28.2 Å². The van der Waals surface area contributed by atoms with Gasteiger partial charge in [0.2, 0.25) is 0 Å². The van der Waals surface area contributed by atoms with Gasteiger partial charge in [-0.25, -0.2) is 0 Å². The summed E-state index contributed by atoms with van der Waals surface area (Å²) in [4.78, 5) is 6.57. The number of pyridine rings is 1. The van der Waals surface area contributed by atoms with Gasteiger partial charge >= 0.3 is 0 Å². The SMILES string of the molecule is CC(C)c1ccc(CN(Cc2cccnc2)C(=S)NC2CCCCCCC2)cc1. The van der Waals surface area contributed by atoms with Crippen LogP contribution in [-0.2, 0) is 13.1 Å². The normalized spacial score (nSPS) is 15.6. The van der Waals surface area contributed by atoms with Crippen LogP contribution in [0.25, 0.3) is 0 Å². The van der Waals surface area contributed by atoms with Crippen molar-refractivity contribution >= 4 is 17.3 Å². The van der Waals surface area contributed by atoms with Crippen molar-refractivity contribution in [1.82, 2.24) is 15.2 Å². The predicted molar refractivity (Wildman–Crippen MR) is 126 cm³/mol. The Hall–Kier alpha value is -1.94. The molecule has 1 N–H and O–H groups in total. The predicted octanol–water partition coefficient (Wildman–Crippen LogP) is 6.19. The van der Waals surface area contributed by atoms with E-state index in [9.17, 15) is 0 Å². The van der Waals surface area contributed by atoms with Gasteiger partial charge in [0.1, 0.15) is 0 Å². The smallest absolute Gasteiger partial charge is 0.169 e. The highest BCUT2D eigenvalue weighted by Gasteiger charge is 2.17. The molecule has 29 heavy (non-hydrogen) atoms. The van der Waals surface area contributed by atoms with Crippen molar-refractivity contribution < 1.29 is 0 Å². The van der Waals surface area contributed by atoms with E-state index in [0.29, 0.717) is 12.0 Å². The van der Waals surface area contributed by atoms with Gasteiger partial charge in [0.15, 0.2) is 5.11 Å². The Kier molecular flexibility index (Phi) is 8.48. The Morgan fingerprint density at radius 2 is 1.66 bits per heavy atom. The maximum atomic E-state index is 5.89. The molecule has 1 saturated carbocycles. The minimum absolute atomic E-state index is 0.502. The van der Waals surface area contributed by atoms with Crippen molar-refractivity contribution in [3.8, 4) is 0 Å². The molecule has 1 aliphatic carbocycles. The Labute approximate surface area is 181 Å². The van der Waals surface area contributed by atoms with Gasteiger partial charge in [-0.2, -0.15) is 0 Å². The van der Waals surface area contributed by atoms with Crippen molar-refractivity contribution in [1.29, 1.82) is 0 Å². The number of hydrogen-bond acceptors (Lipinski definition) is 2. The van der Waals surface area contributed by atoms with E-state index in [1.807, 2.05) is 18.5 Å². The molecule has 0 radical (unpaired) electrons. The zero-order valence-corrected chi connectivity index (χ0v) is 18.8. The van der Waals surface area contributed by atoms with Crippen molar-refractivity contribution in [2.45, 2.75) is 83.8 Å². The molecule has 1 aromatic carbocycles. The molecule has 1 heterocycles. The first-order valence-corrected chi connectivity index (χ1v) is 11.6. The lowest BCUT2D eigenvalue weighted by molar-refractivity contribution is 0.370. The number of thiocarbonyl (C=S) groups is 1. The van der Waals surface area contributed by atoms with E-state index >= 15 is 0 Å². The van der Waals surface area contributed by atoms with E-state index in [2.05, 4.69) is 59.4 Å². The average Bonchev–Trinajstić information content (AvgIpc) is 2.70. The molecule has 2 aromatic rings. The van der Waals surface area contributed by atoms with Crippen LogP contribution in [0, 0.1) is 0 Å². The molecular weight excluding hydrogens is 374 g/mol. The molecule has 0 unspecified atom stereocenters. The van der Waals surface area contributed by atoms with Gasteiger partial charge in [-0.3, -0.25) is 4.98 Å². The summed E-state index contributed by atoms with van der Waals surface area (Å²) in [6, 6.07) is 13.6. The number of rotatable bonds is 6. The fraction of sp³-hybridized carbons (Fsp3) is 0.520. The third-order valence-electron chi connectivity index (χ3n) is 5.84. The van der Waals surface area contributed by atoms with E-state index in [1.165, 1.54) is 61.6 Å². The maximum Gasteiger partial charge on any atom is 0.169 e. The summed E-state index contributed by atoms with van der Waals surface area (Å²) in [5.74, 6) is 0.553. The van der Waals surface area contributed by atoms with Gasteiger partial charge in [0.25, 0.3) is 0 Å². The van der Waals surface area contributed by atoms with Crippen LogP contribution in [0.4, 0.5) is 0 Å². The second-order valence-electron chi connectivity index (χ2n) is 8.61. The molecule has 0 saturated heterocycles. The molecular formula is C25H35N3S. The molecule has 0 atom stereocenters. The maximum absolute atomic E-state index is 5.89. The molecule has 0 amide bonds. The van der Waals surface area contributed by atoms with Crippen LogP contribution in [0.2, 0.25) is 0 Å². The number of nitrogens with one attached hydrogen (secondary N) is 1. The minimum Gasteiger partial charge on any atom is -0.360 e. The van der Waals surface area contributed by atoms with E-state index in [0.717, 1.165) is 18.2 Å². The molecule has 0 aliphatic heterocycles. The standard InChI is InChI=1S/C25H35N3S/c1-20(2)23-14-12-21(13-15-23)18-28(19-22-9-8-16-26-17-22)25(29)27-24-10-6-4-3-5-7-11-24/h8-9,12-17,20,24H,3-7,10-11,18-19H2,1-2H3,(H,27,29). The van der Waals surface area contributed by atoms with Crippen LogP contribution < -0.4 is 5.32 Å². The van der Waals surface area contributed by atoms with Crippen LogP contribution in [0.15, 0.2) is 48.8 Å². The Morgan fingerprint density at radius 1 is 1.00 bits per heavy atom. The summed E-state index contributed by atoms with van der Waals surface area (Å²) in [6.07, 6.45) is 12.9. The molecule has 1 aromatic heterocycles. The van der Waals surface area contributed by atoms with Crippen molar-refractivity contribution in [2.24, 2.45) is 0 Å². The third-order valence-corrected chi connectivity index (χ3v) is 6.21. The highest BCUT2D eigenvalue weighted by molar-refractivity contribution is 7.80. The van der Waals surface area contributed by atoms with Gasteiger partial charge < -0.3 is 10.2 Å². The van der Waals surface area contributed by atoms with Crippen LogP contribution >= 0.6 is 12.2 Å². The zero-order chi connectivity index (χ0) is 20.5. The molecule has 3 rings (SSSR count). The summed E-state index contributed by atoms with van der Waals surface area (Å²) < 4.78 is 0. The van der Waals surface area contributed by atoms with Crippen LogP contribution in [0.5, 0.6) is 0 Å². The molecule has 3 nitrogen and oxygen atoms in total. The Morgan fingerprint density at radius 3 is 2.28 bits per heavy atom. The molecule has 1 fully saturated rings. The van der Waals surface area contributed by atoms with E-state index in [4.69, 9.17) is 12.2 Å². The first-order chi connectivity index (χ1) is 14.1. The van der Waals surface area contributed by atoms with E-state index in [-0.39, 0.29) is 0 Å². The van der Waals surface area contributed by atoms with E-state index < -0.39 is 0 Å². The monoisotopic (exact) mass is 409 g/mol. The number of nitrogens with zero attached hydrogens (tertiary/aromatic N) is 2. The molecule has 1 aliphatic rings. The number of aromatic nitrogens is 1. The number of hydrogen-bond donors (Lipinski definition) is 1. The lowest BCUT2D eigenvalue weighted by Gasteiger charge is -2.30. The van der Waals surface area contributed by atoms with E-state index in [1.54, 1.807) is 0 Å². The summed E-state index contributed by atoms with van der Waals surface area (Å²) >= 11 is 5.89. The quantitative estimate of drug-likeness (QED) is 0.575. The summed E-state index contributed by atoms with van der Waals surface area (Å²) in [6.45, 7) is 6.06. The summed E-state index contributed by atoms with van der Waals surface area (Å²) in [5, 5.41) is 4.56. The largest absolute Gasteiger partial charge is 0.360 e. The Balaban J connectivity index is 1.70. The van der Waals surface area contributed by atoms with Gasteiger partial charge in [-0.05, 0) is 53.7 Å². The lowest BCUT2D eigenvalue weighted by atomic mass is 9.97. The average molecular weight is 410 g/mol. The second-order valence-corrected chi connectivity index (χ2v) is 8.99. The molecule has 156 valence electrons. The zero-order valence-electron chi connectivity index (χ0n) is 17.9. The number of benzene rings is 1.